The average molecular weight is 329 g/mol. The normalized spacial score (nSPS) is 22.7. The van der Waals surface area contributed by atoms with Gasteiger partial charge in [0, 0.05) is 32.2 Å². The third kappa shape index (κ3) is 3.38. The van der Waals surface area contributed by atoms with Gasteiger partial charge in [0.2, 0.25) is 0 Å². The fourth-order valence-corrected chi connectivity index (χ4v) is 3.28. The molecule has 1 fully saturated rings. The first-order chi connectivity index (χ1) is 9.02. The van der Waals surface area contributed by atoms with E-state index in [-0.39, 0.29) is 0 Å². The number of aryl methyl sites for hydroxylation is 2. The third-order valence-electron chi connectivity index (χ3n) is 3.99. The van der Waals surface area contributed by atoms with Crippen LogP contribution in [0.4, 0.5) is 0 Å². The predicted octanol–water partition coefficient (Wildman–Crippen LogP) is 2.50. The van der Waals surface area contributed by atoms with Crippen molar-refractivity contribution in [1.82, 2.24) is 19.6 Å². The lowest BCUT2D eigenvalue weighted by atomic mass is 10.2. The lowest BCUT2D eigenvalue weighted by molar-refractivity contribution is 0.189. The molecule has 0 amide bonds. The molecule has 2 heterocycles. The van der Waals surface area contributed by atoms with Gasteiger partial charge in [-0.3, -0.25) is 9.58 Å². The summed E-state index contributed by atoms with van der Waals surface area (Å²) in [6.07, 6.45) is 1.25. The van der Waals surface area contributed by atoms with Crippen molar-refractivity contribution in [3.8, 4) is 0 Å². The molecule has 1 aromatic rings. The van der Waals surface area contributed by atoms with E-state index >= 15 is 0 Å². The van der Waals surface area contributed by atoms with Crippen molar-refractivity contribution >= 4 is 15.9 Å². The number of rotatable bonds is 3. The monoisotopic (exact) mass is 328 g/mol. The molecule has 1 unspecified atom stereocenters. The Kier molecular flexibility index (Phi) is 5.03. The summed E-state index contributed by atoms with van der Waals surface area (Å²) in [6.45, 7) is 12.0. The van der Waals surface area contributed by atoms with Crippen molar-refractivity contribution in [3.63, 3.8) is 0 Å². The summed E-state index contributed by atoms with van der Waals surface area (Å²) < 4.78 is 3.31. The van der Waals surface area contributed by atoms with E-state index in [1.807, 2.05) is 0 Å². The fourth-order valence-electron chi connectivity index (χ4n) is 2.87. The van der Waals surface area contributed by atoms with Gasteiger partial charge in [0.05, 0.1) is 15.9 Å². The van der Waals surface area contributed by atoms with Gasteiger partial charge in [0.25, 0.3) is 0 Å². The highest BCUT2D eigenvalue weighted by atomic mass is 79.9. The van der Waals surface area contributed by atoms with Crippen molar-refractivity contribution < 1.29 is 0 Å². The van der Waals surface area contributed by atoms with Gasteiger partial charge >= 0.3 is 0 Å². The molecule has 19 heavy (non-hydrogen) atoms. The van der Waals surface area contributed by atoms with Crippen molar-refractivity contribution in [2.24, 2.45) is 0 Å². The summed E-state index contributed by atoms with van der Waals surface area (Å²) in [5.41, 5.74) is 2.41. The van der Waals surface area contributed by atoms with Crippen LogP contribution in [0.25, 0.3) is 0 Å². The van der Waals surface area contributed by atoms with Gasteiger partial charge in [-0.2, -0.15) is 5.10 Å². The maximum absolute atomic E-state index is 4.59. The first kappa shape index (κ1) is 15.0. The molecule has 0 N–H and O–H groups in total. The Morgan fingerprint density at radius 1 is 1.37 bits per heavy atom. The zero-order chi connectivity index (χ0) is 14.0. The Morgan fingerprint density at radius 2 is 2.11 bits per heavy atom. The van der Waals surface area contributed by atoms with Crippen LogP contribution >= 0.6 is 15.9 Å². The van der Waals surface area contributed by atoms with Crippen molar-refractivity contribution in [2.45, 2.75) is 46.3 Å². The van der Waals surface area contributed by atoms with Crippen LogP contribution in [0.1, 0.15) is 31.7 Å². The molecule has 0 saturated carbocycles. The number of hydrogen-bond donors (Lipinski definition) is 0. The lowest BCUT2D eigenvalue weighted by Gasteiger charge is -2.28. The Hall–Kier alpha value is -0.390. The van der Waals surface area contributed by atoms with E-state index in [2.05, 4.69) is 63.3 Å². The first-order valence-corrected chi connectivity index (χ1v) is 7.96. The quantitative estimate of drug-likeness (QED) is 0.852. The van der Waals surface area contributed by atoms with Gasteiger partial charge in [-0.15, -0.1) is 0 Å². The third-order valence-corrected chi connectivity index (χ3v) is 5.02. The van der Waals surface area contributed by atoms with E-state index in [1.54, 1.807) is 0 Å². The summed E-state index contributed by atoms with van der Waals surface area (Å²) in [5.74, 6) is 0. The van der Waals surface area contributed by atoms with Gasteiger partial charge in [-0.05, 0) is 56.7 Å². The first-order valence-electron chi connectivity index (χ1n) is 7.17. The Bertz CT molecular complexity index is 429. The average Bonchev–Trinajstić information content (AvgIpc) is 2.53. The van der Waals surface area contributed by atoms with E-state index in [4.69, 9.17) is 0 Å². The van der Waals surface area contributed by atoms with Crippen molar-refractivity contribution in [3.05, 3.63) is 15.9 Å². The molecule has 0 spiro atoms. The van der Waals surface area contributed by atoms with E-state index < -0.39 is 0 Å². The maximum atomic E-state index is 4.59. The molecule has 1 atom stereocenters. The molecular weight excluding hydrogens is 304 g/mol. The molecule has 2 rings (SSSR count). The van der Waals surface area contributed by atoms with Crippen LogP contribution in [-0.2, 0) is 13.1 Å². The van der Waals surface area contributed by atoms with Gasteiger partial charge in [0.15, 0.2) is 0 Å². The van der Waals surface area contributed by atoms with E-state index in [0.29, 0.717) is 6.04 Å². The number of hydrogen-bond acceptors (Lipinski definition) is 3. The van der Waals surface area contributed by atoms with Gasteiger partial charge in [-0.25, -0.2) is 0 Å². The number of halogens is 1. The van der Waals surface area contributed by atoms with Crippen LogP contribution < -0.4 is 0 Å². The maximum Gasteiger partial charge on any atom is 0.0739 e. The van der Waals surface area contributed by atoms with E-state index in [1.165, 1.54) is 29.7 Å². The van der Waals surface area contributed by atoms with Gasteiger partial charge in [0.1, 0.15) is 0 Å². The summed E-state index contributed by atoms with van der Waals surface area (Å²) in [5, 5.41) is 4.59. The summed E-state index contributed by atoms with van der Waals surface area (Å²) in [7, 11) is 2.22. The molecule has 1 aliphatic rings. The second-order valence-corrected chi connectivity index (χ2v) is 6.39. The van der Waals surface area contributed by atoms with Crippen molar-refractivity contribution in [2.75, 3.05) is 26.7 Å². The molecule has 0 radical (unpaired) electrons. The summed E-state index contributed by atoms with van der Waals surface area (Å²) >= 11 is 3.70. The van der Waals surface area contributed by atoms with Crippen LogP contribution in [-0.4, -0.2) is 52.3 Å². The van der Waals surface area contributed by atoms with Crippen LogP contribution in [0, 0.1) is 6.92 Å². The molecule has 0 aliphatic carbocycles. The molecule has 0 aromatic carbocycles. The fraction of sp³-hybridized carbons (Fsp3) is 0.786. The zero-order valence-corrected chi connectivity index (χ0v) is 14.1. The van der Waals surface area contributed by atoms with Crippen LogP contribution in [0.5, 0.6) is 0 Å². The molecule has 0 bridgehead atoms. The molecule has 1 aliphatic heterocycles. The smallest absolute Gasteiger partial charge is 0.0739 e. The van der Waals surface area contributed by atoms with Crippen LogP contribution in [0.15, 0.2) is 4.47 Å². The molecule has 1 aromatic heterocycles. The highest BCUT2D eigenvalue weighted by molar-refractivity contribution is 9.10. The van der Waals surface area contributed by atoms with Gasteiger partial charge in [-0.1, -0.05) is 0 Å². The van der Waals surface area contributed by atoms with Crippen LogP contribution in [0.3, 0.4) is 0 Å². The standard InChI is InChI=1S/C14H25BrN4/c1-5-19-13(14(15)12(3)16-19)10-18-8-6-7-17(4)9-11(18)2/h11H,5-10H2,1-4H3. The SMILES string of the molecule is CCn1nc(C)c(Br)c1CN1CCCN(C)CC1C. The molecule has 1 saturated heterocycles. The van der Waals surface area contributed by atoms with Crippen LogP contribution in [0.2, 0.25) is 0 Å². The number of likely N-dealkylation sites (N-methyl/N-ethyl adjacent to an activating group) is 1. The minimum absolute atomic E-state index is 0.597. The van der Waals surface area contributed by atoms with E-state index in [0.717, 1.165) is 25.3 Å². The number of aromatic nitrogens is 2. The predicted molar refractivity (Wildman–Crippen MR) is 82.3 cm³/mol. The summed E-state index contributed by atoms with van der Waals surface area (Å²) in [6, 6.07) is 0.597. The Labute approximate surface area is 124 Å². The zero-order valence-electron chi connectivity index (χ0n) is 12.5. The minimum Gasteiger partial charge on any atom is -0.305 e. The van der Waals surface area contributed by atoms with E-state index in [9.17, 15) is 0 Å². The number of nitrogens with zero attached hydrogens (tertiary/aromatic N) is 4. The Morgan fingerprint density at radius 3 is 2.79 bits per heavy atom. The second-order valence-electron chi connectivity index (χ2n) is 5.60. The minimum atomic E-state index is 0.597. The largest absolute Gasteiger partial charge is 0.305 e. The second kappa shape index (κ2) is 6.37. The lowest BCUT2D eigenvalue weighted by Crippen LogP contribution is -2.38. The Balaban J connectivity index is 2.15. The highest BCUT2D eigenvalue weighted by Crippen LogP contribution is 2.24. The molecule has 5 heteroatoms. The van der Waals surface area contributed by atoms with Gasteiger partial charge < -0.3 is 4.90 Å². The topological polar surface area (TPSA) is 24.3 Å². The highest BCUT2D eigenvalue weighted by Gasteiger charge is 2.22. The molecular formula is C14H25BrN4. The molecule has 4 nitrogen and oxygen atoms in total. The van der Waals surface area contributed by atoms with Crippen molar-refractivity contribution in [1.29, 1.82) is 0 Å². The summed E-state index contributed by atoms with van der Waals surface area (Å²) in [4.78, 5) is 5.01. The molecule has 108 valence electrons.